The Bertz CT molecular complexity index is 1040. The molecule has 6 nitrogen and oxygen atoms in total. The van der Waals surface area contributed by atoms with Gasteiger partial charge in [0.15, 0.2) is 0 Å². The van der Waals surface area contributed by atoms with Crippen molar-refractivity contribution in [3.8, 4) is 0 Å². The van der Waals surface area contributed by atoms with E-state index in [1.165, 1.54) is 0 Å². The van der Waals surface area contributed by atoms with E-state index in [9.17, 15) is 14.5 Å². The fourth-order valence-corrected chi connectivity index (χ4v) is 3.81. The predicted octanol–water partition coefficient (Wildman–Crippen LogP) is 4.93. The van der Waals surface area contributed by atoms with Crippen LogP contribution in [-0.4, -0.2) is 24.6 Å². The SMILES string of the molecule is C=CC1=C(/C=C\C)C(COC(=O)N[C@@H](Cc2ccccc2)C(=O)N=O)c2ccccc21. The number of amides is 2. The molecule has 0 heterocycles. The number of allylic oxidation sites excluding steroid dienone is 4. The van der Waals surface area contributed by atoms with Crippen molar-refractivity contribution in [1.29, 1.82) is 0 Å². The van der Waals surface area contributed by atoms with E-state index in [0.717, 1.165) is 27.8 Å². The molecule has 158 valence electrons. The maximum atomic E-state index is 12.5. The van der Waals surface area contributed by atoms with Gasteiger partial charge in [0.1, 0.15) is 12.6 Å². The molecule has 0 radical (unpaired) electrons. The number of hydrogen-bond donors (Lipinski definition) is 1. The van der Waals surface area contributed by atoms with Gasteiger partial charge in [0.05, 0.1) is 0 Å². The molecule has 0 fully saturated rings. The van der Waals surface area contributed by atoms with E-state index < -0.39 is 18.0 Å². The lowest BCUT2D eigenvalue weighted by Crippen LogP contribution is -2.42. The van der Waals surface area contributed by atoms with Crippen LogP contribution in [0.3, 0.4) is 0 Å². The lowest BCUT2D eigenvalue weighted by molar-refractivity contribution is -0.119. The molecule has 2 amide bonds. The molecular formula is C25H24N2O4. The van der Waals surface area contributed by atoms with Gasteiger partial charge in [-0.3, -0.25) is 4.79 Å². The zero-order valence-corrected chi connectivity index (χ0v) is 17.3. The van der Waals surface area contributed by atoms with Gasteiger partial charge >= 0.3 is 12.0 Å². The smallest absolute Gasteiger partial charge is 0.407 e. The zero-order chi connectivity index (χ0) is 22.2. The summed E-state index contributed by atoms with van der Waals surface area (Å²) in [5.74, 6) is -1.10. The van der Waals surface area contributed by atoms with Crippen molar-refractivity contribution in [1.82, 2.24) is 5.32 Å². The number of nitrogens with zero attached hydrogens (tertiary/aromatic N) is 1. The van der Waals surface area contributed by atoms with Crippen LogP contribution >= 0.6 is 0 Å². The summed E-state index contributed by atoms with van der Waals surface area (Å²) in [6.07, 6.45) is 5.10. The van der Waals surface area contributed by atoms with E-state index in [2.05, 4.69) is 17.1 Å². The highest BCUT2D eigenvalue weighted by atomic mass is 16.5. The first-order chi connectivity index (χ1) is 15.1. The van der Waals surface area contributed by atoms with Crippen molar-refractivity contribution in [2.24, 2.45) is 5.18 Å². The second-order valence-corrected chi connectivity index (χ2v) is 7.13. The quantitative estimate of drug-likeness (QED) is 0.619. The Morgan fingerprint density at radius 3 is 2.55 bits per heavy atom. The molecular weight excluding hydrogens is 392 g/mol. The number of ether oxygens (including phenoxy) is 1. The minimum absolute atomic E-state index is 0.0840. The molecule has 0 aromatic heterocycles. The molecule has 1 aliphatic carbocycles. The Hall–Kier alpha value is -3.80. The summed E-state index contributed by atoms with van der Waals surface area (Å²) in [6.45, 7) is 5.93. The fraction of sp³-hybridized carbons (Fsp3) is 0.200. The molecule has 1 unspecified atom stereocenters. The molecule has 1 aliphatic rings. The minimum atomic E-state index is -1.09. The maximum Gasteiger partial charge on any atom is 0.407 e. The number of nitroso groups, excluding NO2 is 1. The molecule has 2 aromatic carbocycles. The van der Waals surface area contributed by atoms with Gasteiger partial charge in [0.25, 0.3) is 0 Å². The Kier molecular flexibility index (Phi) is 7.27. The number of hydrogen-bond acceptors (Lipinski definition) is 4. The maximum absolute atomic E-state index is 12.5. The highest BCUT2D eigenvalue weighted by Gasteiger charge is 2.30. The first kappa shape index (κ1) is 21.9. The average molecular weight is 416 g/mol. The monoisotopic (exact) mass is 416 g/mol. The Balaban J connectivity index is 1.72. The third kappa shape index (κ3) is 5.04. The van der Waals surface area contributed by atoms with Crippen molar-refractivity contribution in [3.05, 3.63) is 107 Å². The summed E-state index contributed by atoms with van der Waals surface area (Å²) in [7, 11) is 0. The van der Waals surface area contributed by atoms with Gasteiger partial charge in [-0.15, -0.1) is 4.91 Å². The molecule has 3 rings (SSSR count). The lowest BCUT2D eigenvalue weighted by atomic mass is 9.96. The van der Waals surface area contributed by atoms with Crippen LogP contribution in [0.15, 0.2) is 90.2 Å². The predicted molar refractivity (Wildman–Crippen MR) is 120 cm³/mol. The minimum Gasteiger partial charge on any atom is -0.449 e. The van der Waals surface area contributed by atoms with Gasteiger partial charge < -0.3 is 10.1 Å². The van der Waals surface area contributed by atoms with E-state index in [0.29, 0.717) is 0 Å². The topological polar surface area (TPSA) is 84.8 Å². The van der Waals surface area contributed by atoms with Crippen LogP contribution in [0.1, 0.15) is 29.5 Å². The fourth-order valence-electron chi connectivity index (χ4n) is 3.81. The molecule has 1 N–H and O–H groups in total. The van der Waals surface area contributed by atoms with Crippen LogP contribution in [0.2, 0.25) is 0 Å². The van der Waals surface area contributed by atoms with Crippen molar-refractivity contribution in [3.63, 3.8) is 0 Å². The van der Waals surface area contributed by atoms with Crippen molar-refractivity contribution >= 4 is 17.6 Å². The van der Waals surface area contributed by atoms with Gasteiger partial charge in [-0.1, -0.05) is 79.4 Å². The van der Waals surface area contributed by atoms with E-state index in [1.54, 1.807) is 18.2 Å². The van der Waals surface area contributed by atoms with Gasteiger partial charge in [-0.05, 0) is 34.8 Å². The molecule has 0 saturated carbocycles. The summed E-state index contributed by atoms with van der Waals surface area (Å²) >= 11 is 0. The first-order valence-corrected chi connectivity index (χ1v) is 10.0. The molecule has 0 aliphatic heterocycles. The summed E-state index contributed by atoms with van der Waals surface area (Å²) in [4.78, 5) is 35.2. The summed E-state index contributed by atoms with van der Waals surface area (Å²) in [6, 6.07) is 15.9. The second-order valence-electron chi connectivity index (χ2n) is 7.13. The summed E-state index contributed by atoms with van der Waals surface area (Å²) in [5, 5.41) is 4.95. The first-order valence-electron chi connectivity index (χ1n) is 10.0. The highest BCUT2D eigenvalue weighted by Crippen LogP contribution is 2.43. The molecule has 6 heteroatoms. The third-order valence-corrected chi connectivity index (χ3v) is 5.21. The molecule has 0 bridgehead atoms. The summed E-state index contributed by atoms with van der Waals surface area (Å²) < 4.78 is 5.47. The van der Waals surface area contributed by atoms with E-state index in [-0.39, 0.29) is 18.9 Å². The molecule has 31 heavy (non-hydrogen) atoms. The van der Waals surface area contributed by atoms with Crippen LogP contribution in [0.25, 0.3) is 5.57 Å². The number of benzene rings is 2. The lowest BCUT2D eigenvalue weighted by Gasteiger charge is -2.18. The number of fused-ring (bicyclic) bond motifs is 1. The largest absolute Gasteiger partial charge is 0.449 e. The Morgan fingerprint density at radius 2 is 1.87 bits per heavy atom. The number of alkyl carbamates (subject to hydrolysis) is 1. The molecule has 2 atom stereocenters. The van der Waals surface area contributed by atoms with Crippen molar-refractivity contribution in [2.75, 3.05) is 6.61 Å². The van der Waals surface area contributed by atoms with Crippen LogP contribution in [-0.2, 0) is 16.0 Å². The average Bonchev–Trinajstić information content (AvgIpc) is 3.10. The number of rotatable bonds is 8. The van der Waals surface area contributed by atoms with Crippen LogP contribution in [0.4, 0.5) is 4.79 Å². The molecule has 0 spiro atoms. The van der Waals surface area contributed by atoms with Crippen molar-refractivity contribution in [2.45, 2.75) is 25.3 Å². The highest BCUT2D eigenvalue weighted by molar-refractivity contribution is 5.87. The Labute approximate surface area is 181 Å². The molecule has 2 aromatic rings. The van der Waals surface area contributed by atoms with Crippen LogP contribution in [0.5, 0.6) is 0 Å². The summed E-state index contributed by atoms with van der Waals surface area (Å²) in [5.41, 5.74) is 4.91. The Morgan fingerprint density at radius 1 is 1.16 bits per heavy atom. The van der Waals surface area contributed by atoms with E-state index in [1.807, 2.05) is 61.5 Å². The normalized spacial score (nSPS) is 16.0. The number of nitrogens with one attached hydrogen (secondary N) is 1. The number of carbonyl (C=O) groups is 2. The van der Waals surface area contributed by atoms with Gasteiger partial charge in [-0.2, -0.15) is 0 Å². The third-order valence-electron chi connectivity index (χ3n) is 5.21. The molecule has 0 saturated heterocycles. The van der Waals surface area contributed by atoms with E-state index >= 15 is 0 Å². The standard InChI is InChI=1S/C25H24N2O4/c1-3-10-19-18(4-2)20-13-8-9-14-21(20)22(19)16-31-25(29)26-23(24(28)27-30)15-17-11-6-5-7-12-17/h3-14,22-23H,2,15-16H2,1H3,(H,26,29)/b10-3-/t22?,23-/m0/s1. The van der Waals surface area contributed by atoms with Gasteiger partial charge in [0.2, 0.25) is 0 Å². The second kappa shape index (κ2) is 10.3. The van der Waals surface area contributed by atoms with Crippen LogP contribution in [0, 0.1) is 4.91 Å². The van der Waals surface area contributed by atoms with Gasteiger partial charge in [-0.25, -0.2) is 4.79 Å². The number of carbonyl (C=O) groups excluding carboxylic acids is 2. The van der Waals surface area contributed by atoms with Crippen molar-refractivity contribution < 1.29 is 14.3 Å². The zero-order valence-electron chi connectivity index (χ0n) is 17.3. The van der Waals surface area contributed by atoms with Gasteiger partial charge in [0, 0.05) is 17.5 Å². The van der Waals surface area contributed by atoms with E-state index in [4.69, 9.17) is 4.74 Å². The van der Waals surface area contributed by atoms with Crippen LogP contribution < -0.4 is 5.32 Å².